The van der Waals surface area contributed by atoms with Gasteiger partial charge >= 0.3 is 0 Å². The Labute approximate surface area is 100 Å². The summed E-state index contributed by atoms with van der Waals surface area (Å²) in [7, 11) is 0. The highest BCUT2D eigenvalue weighted by molar-refractivity contribution is 4.85. The van der Waals surface area contributed by atoms with Crippen LogP contribution in [0.3, 0.4) is 0 Å². The van der Waals surface area contributed by atoms with Gasteiger partial charge in [0.05, 0.1) is 13.2 Å². The van der Waals surface area contributed by atoms with Crippen LogP contribution in [0.1, 0.15) is 52.4 Å². The van der Waals surface area contributed by atoms with E-state index in [0.29, 0.717) is 11.5 Å². The van der Waals surface area contributed by atoms with Gasteiger partial charge in [-0.2, -0.15) is 0 Å². The fraction of sp³-hybridized carbons (Fsp3) is 1.00. The van der Waals surface area contributed by atoms with E-state index < -0.39 is 0 Å². The minimum atomic E-state index is 0.416. The van der Waals surface area contributed by atoms with Gasteiger partial charge in [-0.3, -0.25) is 0 Å². The molecule has 1 N–H and O–H groups in total. The molecule has 2 aliphatic rings. The highest BCUT2D eigenvalue weighted by Crippen LogP contribution is 2.28. The van der Waals surface area contributed by atoms with Crippen LogP contribution in [0, 0.1) is 11.3 Å². The van der Waals surface area contributed by atoms with E-state index in [2.05, 4.69) is 19.2 Å². The molecule has 94 valence electrons. The average molecular weight is 225 g/mol. The van der Waals surface area contributed by atoms with E-state index in [0.717, 1.165) is 25.7 Å². The Morgan fingerprint density at radius 2 is 1.81 bits per heavy atom. The van der Waals surface area contributed by atoms with Gasteiger partial charge in [0.1, 0.15) is 0 Å². The first-order valence-electron chi connectivity index (χ1n) is 7.01. The van der Waals surface area contributed by atoms with Crippen LogP contribution in [0.15, 0.2) is 0 Å². The Bertz CT molecular complexity index is 205. The maximum atomic E-state index is 5.30. The Kier molecular flexibility index (Phi) is 4.26. The smallest absolute Gasteiger partial charge is 0.0554 e. The molecule has 2 fully saturated rings. The highest BCUT2D eigenvalue weighted by Gasteiger charge is 2.33. The molecule has 2 nitrogen and oxygen atoms in total. The lowest BCUT2D eigenvalue weighted by Crippen LogP contribution is -2.50. The summed E-state index contributed by atoms with van der Waals surface area (Å²) in [5.74, 6) is 0.909. The summed E-state index contributed by atoms with van der Waals surface area (Å²) in [6.45, 7) is 7.71. The summed E-state index contributed by atoms with van der Waals surface area (Å²) in [6.07, 6.45) is 8.65. The normalized spacial score (nSPS) is 28.1. The topological polar surface area (TPSA) is 21.3 Å². The molecule has 0 aromatic heterocycles. The quantitative estimate of drug-likeness (QED) is 0.743. The molecular weight excluding hydrogens is 198 g/mol. The third-order valence-corrected chi connectivity index (χ3v) is 4.36. The van der Waals surface area contributed by atoms with Crippen LogP contribution >= 0.6 is 0 Å². The fourth-order valence-electron chi connectivity index (χ4n) is 2.94. The lowest BCUT2D eigenvalue weighted by atomic mass is 9.87. The van der Waals surface area contributed by atoms with Crippen LogP contribution in [0.5, 0.6) is 0 Å². The third kappa shape index (κ3) is 3.21. The Hall–Kier alpha value is -0.0800. The van der Waals surface area contributed by atoms with E-state index >= 15 is 0 Å². The second-order valence-electron chi connectivity index (χ2n) is 6.22. The lowest BCUT2D eigenvalue weighted by Gasteiger charge is -2.39. The molecule has 0 aromatic carbocycles. The lowest BCUT2D eigenvalue weighted by molar-refractivity contribution is -0.100. The Balaban J connectivity index is 1.71. The molecule has 1 saturated carbocycles. The third-order valence-electron chi connectivity index (χ3n) is 4.36. The summed E-state index contributed by atoms with van der Waals surface area (Å²) >= 11 is 0. The number of hydrogen-bond donors (Lipinski definition) is 1. The number of rotatable bonds is 4. The molecule has 1 atom stereocenters. The van der Waals surface area contributed by atoms with Crippen molar-refractivity contribution in [3.63, 3.8) is 0 Å². The van der Waals surface area contributed by atoms with Gasteiger partial charge in [0.25, 0.3) is 0 Å². The summed E-state index contributed by atoms with van der Waals surface area (Å²) in [6, 6.07) is 0.690. The van der Waals surface area contributed by atoms with Crippen LogP contribution < -0.4 is 5.32 Å². The molecule has 1 aliphatic heterocycles. The zero-order valence-corrected chi connectivity index (χ0v) is 10.9. The van der Waals surface area contributed by atoms with Crippen molar-refractivity contribution in [2.75, 3.05) is 19.8 Å². The van der Waals surface area contributed by atoms with Gasteiger partial charge in [0, 0.05) is 18.0 Å². The van der Waals surface area contributed by atoms with Crippen molar-refractivity contribution in [3.8, 4) is 0 Å². The molecule has 1 saturated heterocycles. The molecule has 0 spiro atoms. The van der Waals surface area contributed by atoms with Gasteiger partial charge in [-0.05, 0) is 25.7 Å². The van der Waals surface area contributed by atoms with Gasteiger partial charge < -0.3 is 10.1 Å². The highest BCUT2D eigenvalue weighted by atomic mass is 16.5. The van der Waals surface area contributed by atoms with Crippen molar-refractivity contribution < 1.29 is 4.74 Å². The average Bonchev–Trinajstić information content (AvgIpc) is 2.51. The molecular formula is C14H27NO. The minimum Gasteiger partial charge on any atom is -0.380 e. The molecule has 1 heterocycles. The standard InChI is InChI=1S/C14H27NO/c1-12(13-7-5-3-4-6-8-13)15-9-14(2)10-16-11-14/h12-13,15H,3-11H2,1-2H3/t12-/m1/s1. The molecule has 0 radical (unpaired) electrons. The van der Waals surface area contributed by atoms with Crippen molar-refractivity contribution in [3.05, 3.63) is 0 Å². The predicted octanol–water partition coefficient (Wildman–Crippen LogP) is 2.97. The molecule has 2 heteroatoms. The van der Waals surface area contributed by atoms with Crippen molar-refractivity contribution in [1.82, 2.24) is 5.32 Å². The molecule has 0 unspecified atom stereocenters. The first-order chi connectivity index (χ1) is 7.70. The second-order valence-corrected chi connectivity index (χ2v) is 6.22. The largest absolute Gasteiger partial charge is 0.380 e. The van der Waals surface area contributed by atoms with E-state index in [-0.39, 0.29) is 0 Å². The molecule has 0 bridgehead atoms. The second kappa shape index (κ2) is 5.50. The summed E-state index contributed by atoms with van der Waals surface area (Å²) < 4.78 is 5.30. The van der Waals surface area contributed by atoms with Crippen molar-refractivity contribution in [2.45, 2.75) is 58.4 Å². The van der Waals surface area contributed by atoms with Crippen LogP contribution in [0.2, 0.25) is 0 Å². The SMILES string of the molecule is C[C@@H](NCC1(C)COC1)C1CCCCCC1. The predicted molar refractivity (Wildman–Crippen MR) is 67.6 cm³/mol. The molecule has 16 heavy (non-hydrogen) atoms. The summed E-state index contributed by atoms with van der Waals surface area (Å²) in [5, 5.41) is 3.74. The summed E-state index contributed by atoms with van der Waals surface area (Å²) in [5.41, 5.74) is 0.416. The van der Waals surface area contributed by atoms with Crippen LogP contribution in [0.25, 0.3) is 0 Å². The van der Waals surface area contributed by atoms with Gasteiger partial charge in [-0.25, -0.2) is 0 Å². The zero-order chi connectivity index (χ0) is 11.4. The number of hydrogen-bond acceptors (Lipinski definition) is 2. The van der Waals surface area contributed by atoms with Crippen molar-refractivity contribution in [1.29, 1.82) is 0 Å². The van der Waals surface area contributed by atoms with Crippen molar-refractivity contribution >= 4 is 0 Å². The fourth-order valence-corrected chi connectivity index (χ4v) is 2.94. The van der Waals surface area contributed by atoms with E-state index in [1.165, 1.54) is 38.5 Å². The van der Waals surface area contributed by atoms with Gasteiger partial charge in [-0.1, -0.05) is 32.6 Å². The van der Waals surface area contributed by atoms with Crippen LogP contribution in [-0.2, 0) is 4.74 Å². The van der Waals surface area contributed by atoms with Gasteiger partial charge in [-0.15, -0.1) is 0 Å². The maximum Gasteiger partial charge on any atom is 0.0554 e. The molecule has 0 aromatic rings. The Morgan fingerprint density at radius 1 is 1.19 bits per heavy atom. The summed E-state index contributed by atoms with van der Waals surface area (Å²) in [4.78, 5) is 0. The number of nitrogens with one attached hydrogen (secondary N) is 1. The molecule has 1 aliphatic carbocycles. The van der Waals surface area contributed by atoms with Crippen molar-refractivity contribution in [2.24, 2.45) is 11.3 Å². The van der Waals surface area contributed by atoms with Gasteiger partial charge in [0.15, 0.2) is 0 Å². The maximum absolute atomic E-state index is 5.30. The molecule has 2 rings (SSSR count). The van der Waals surface area contributed by atoms with Crippen LogP contribution in [0.4, 0.5) is 0 Å². The molecule has 0 amide bonds. The first-order valence-corrected chi connectivity index (χ1v) is 7.01. The number of ether oxygens (including phenoxy) is 1. The minimum absolute atomic E-state index is 0.416. The van der Waals surface area contributed by atoms with Gasteiger partial charge in [0.2, 0.25) is 0 Å². The van der Waals surface area contributed by atoms with E-state index in [1.54, 1.807) is 0 Å². The zero-order valence-electron chi connectivity index (χ0n) is 10.9. The first kappa shape index (κ1) is 12.4. The van der Waals surface area contributed by atoms with E-state index in [9.17, 15) is 0 Å². The van der Waals surface area contributed by atoms with Crippen LogP contribution in [-0.4, -0.2) is 25.8 Å². The monoisotopic (exact) mass is 225 g/mol. The van der Waals surface area contributed by atoms with E-state index in [1.807, 2.05) is 0 Å². The van der Waals surface area contributed by atoms with E-state index in [4.69, 9.17) is 4.74 Å². The Morgan fingerprint density at radius 3 is 2.31 bits per heavy atom.